The number of hydrogen-bond donors (Lipinski definition) is 2. The van der Waals surface area contributed by atoms with Gasteiger partial charge in [0.05, 0.1) is 5.69 Å². The fraction of sp³-hybridized carbons (Fsp3) is 0.0769. The van der Waals surface area contributed by atoms with Crippen molar-refractivity contribution in [2.75, 3.05) is 5.73 Å². The molecule has 4 nitrogen and oxygen atoms in total. The zero-order valence-corrected chi connectivity index (χ0v) is 9.46. The van der Waals surface area contributed by atoms with Gasteiger partial charge in [0.15, 0.2) is 0 Å². The molecular formula is C13H13N3O. The average Bonchev–Trinajstić information content (AvgIpc) is 2.32. The van der Waals surface area contributed by atoms with E-state index in [-0.39, 0.29) is 5.75 Å². The summed E-state index contributed by atoms with van der Waals surface area (Å²) in [5.74, 6) is 0.120. The normalized spacial score (nSPS) is 10.9. The molecule has 0 saturated heterocycles. The smallest absolute Gasteiger partial charge is 0.143 e. The molecule has 0 aliphatic rings. The maximum absolute atomic E-state index is 9.58. The Morgan fingerprint density at radius 1 is 1.00 bits per heavy atom. The van der Waals surface area contributed by atoms with Crippen LogP contribution in [0.2, 0.25) is 0 Å². The Bertz CT molecular complexity index is 547. The molecule has 0 aromatic heterocycles. The highest BCUT2D eigenvalue weighted by Gasteiger charge is 1.99. The molecule has 4 heteroatoms. The maximum Gasteiger partial charge on any atom is 0.143 e. The summed E-state index contributed by atoms with van der Waals surface area (Å²) < 4.78 is 0. The van der Waals surface area contributed by atoms with E-state index in [1.807, 2.05) is 13.0 Å². The number of nitrogen functional groups attached to an aromatic ring is 1. The second-order valence-electron chi connectivity index (χ2n) is 3.78. The lowest BCUT2D eigenvalue weighted by molar-refractivity contribution is 0.476. The summed E-state index contributed by atoms with van der Waals surface area (Å²) in [6.45, 7) is 1.93. The van der Waals surface area contributed by atoms with E-state index in [1.54, 1.807) is 36.4 Å². The summed E-state index contributed by atoms with van der Waals surface area (Å²) >= 11 is 0. The van der Waals surface area contributed by atoms with Gasteiger partial charge in [0, 0.05) is 5.69 Å². The summed E-state index contributed by atoms with van der Waals surface area (Å²) in [7, 11) is 0. The van der Waals surface area contributed by atoms with Gasteiger partial charge in [-0.05, 0) is 48.9 Å². The number of benzene rings is 2. The van der Waals surface area contributed by atoms with Gasteiger partial charge in [0.1, 0.15) is 11.4 Å². The van der Waals surface area contributed by atoms with Crippen molar-refractivity contribution in [3.8, 4) is 5.75 Å². The third-order valence-corrected chi connectivity index (χ3v) is 2.30. The number of phenols is 1. The second kappa shape index (κ2) is 4.65. The van der Waals surface area contributed by atoms with Crippen LogP contribution in [0.5, 0.6) is 5.75 Å². The SMILES string of the molecule is Cc1ccc(O)c(N=Nc2ccc(N)cc2)c1. The summed E-state index contributed by atoms with van der Waals surface area (Å²) in [4.78, 5) is 0. The van der Waals surface area contributed by atoms with E-state index < -0.39 is 0 Å². The molecule has 2 aromatic rings. The molecule has 0 unspecified atom stereocenters. The first-order valence-corrected chi connectivity index (χ1v) is 5.22. The number of hydrogen-bond acceptors (Lipinski definition) is 4. The minimum absolute atomic E-state index is 0.120. The van der Waals surface area contributed by atoms with E-state index in [0.29, 0.717) is 17.1 Å². The molecule has 86 valence electrons. The Hall–Kier alpha value is -2.36. The molecule has 0 aliphatic heterocycles. The number of azo groups is 1. The number of phenolic OH excluding ortho intramolecular Hbond substituents is 1. The van der Waals surface area contributed by atoms with Crippen molar-refractivity contribution in [3.05, 3.63) is 48.0 Å². The molecule has 0 heterocycles. The van der Waals surface area contributed by atoms with Gasteiger partial charge < -0.3 is 10.8 Å². The molecule has 0 atom stereocenters. The molecule has 17 heavy (non-hydrogen) atoms. The Kier molecular flexibility index (Phi) is 3.05. The predicted molar refractivity (Wildman–Crippen MR) is 67.9 cm³/mol. The first kappa shape index (κ1) is 11.1. The third-order valence-electron chi connectivity index (χ3n) is 2.30. The lowest BCUT2D eigenvalue weighted by Gasteiger charge is -1.99. The Morgan fingerprint density at radius 2 is 1.71 bits per heavy atom. The molecule has 0 bridgehead atoms. The van der Waals surface area contributed by atoms with Crippen LogP contribution in [0.25, 0.3) is 0 Å². The number of nitrogens with two attached hydrogens (primary N) is 1. The molecule has 0 amide bonds. The zero-order chi connectivity index (χ0) is 12.3. The maximum atomic E-state index is 9.58. The minimum Gasteiger partial charge on any atom is -0.506 e. The van der Waals surface area contributed by atoms with Crippen LogP contribution in [-0.4, -0.2) is 5.11 Å². The van der Waals surface area contributed by atoms with E-state index in [4.69, 9.17) is 5.73 Å². The molecule has 0 saturated carbocycles. The molecule has 0 radical (unpaired) electrons. The zero-order valence-electron chi connectivity index (χ0n) is 9.46. The molecule has 0 fully saturated rings. The summed E-state index contributed by atoms with van der Waals surface area (Å²) in [5.41, 5.74) is 8.43. The standard InChI is InChI=1S/C13H13N3O/c1-9-2-7-13(17)12(8-9)16-15-11-5-3-10(14)4-6-11/h2-8,17H,14H2,1H3. The van der Waals surface area contributed by atoms with Crippen LogP contribution < -0.4 is 5.73 Å². The van der Waals surface area contributed by atoms with E-state index in [1.165, 1.54) is 0 Å². The minimum atomic E-state index is 0.120. The number of nitrogens with zero attached hydrogens (tertiary/aromatic N) is 2. The van der Waals surface area contributed by atoms with E-state index in [0.717, 1.165) is 5.56 Å². The van der Waals surface area contributed by atoms with Crippen molar-refractivity contribution in [3.63, 3.8) is 0 Å². The van der Waals surface area contributed by atoms with Crippen molar-refractivity contribution >= 4 is 17.1 Å². The largest absolute Gasteiger partial charge is 0.506 e. The van der Waals surface area contributed by atoms with Gasteiger partial charge in [-0.25, -0.2) is 0 Å². The Labute approximate surface area is 99.4 Å². The van der Waals surface area contributed by atoms with E-state index in [9.17, 15) is 5.11 Å². The van der Waals surface area contributed by atoms with Gasteiger partial charge in [-0.2, -0.15) is 5.11 Å². The first-order valence-electron chi connectivity index (χ1n) is 5.22. The highest BCUT2D eigenvalue weighted by atomic mass is 16.3. The first-order chi connectivity index (χ1) is 8.15. The number of aryl methyl sites for hydroxylation is 1. The number of anilines is 1. The highest BCUT2D eigenvalue weighted by Crippen LogP contribution is 2.28. The van der Waals surface area contributed by atoms with Crippen molar-refractivity contribution in [1.82, 2.24) is 0 Å². The lowest BCUT2D eigenvalue weighted by atomic mass is 10.2. The predicted octanol–water partition coefficient (Wildman–Crippen LogP) is 3.70. The van der Waals surface area contributed by atoms with Gasteiger partial charge in [0.2, 0.25) is 0 Å². The highest BCUT2D eigenvalue weighted by molar-refractivity contribution is 5.53. The van der Waals surface area contributed by atoms with Gasteiger partial charge in [0.25, 0.3) is 0 Å². The van der Waals surface area contributed by atoms with Gasteiger partial charge in [-0.3, -0.25) is 0 Å². The van der Waals surface area contributed by atoms with Crippen LogP contribution in [0, 0.1) is 6.92 Å². The monoisotopic (exact) mass is 227 g/mol. The van der Waals surface area contributed by atoms with Crippen LogP contribution >= 0.6 is 0 Å². The molecule has 0 aliphatic carbocycles. The van der Waals surface area contributed by atoms with Crippen molar-refractivity contribution in [2.24, 2.45) is 10.2 Å². The quantitative estimate of drug-likeness (QED) is 0.606. The number of aromatic hydroxyl groups is 1. The van der Waals surface area contributed by atoms with Crippen LogP contribution in [0.3, 0.4) is 0 Å². The number of rotatable bonds is 2. The summed E-state index contributed by atoms with van der Waals surface area (Å²) in [6.07, 6.45) is 0. The van der Waals surface area contributed by atoms with Crippen LogP contribution in [-0.2, 0) is 0 Å². The molecular weight excluding hydrogens is 214 g/mol. The molecule has 2 aromatic carbocycles. The third kappa shape index (κ3) is 2.81. The van der Waals surface area contributed by atoms with Gasteiger partial charge in [-0.15, -0.1) is 5.11 Å². The van der Waals surface area contributed by atoms with Crippen molar-refractivity contribution < 1.29 is 5.11 Å². The molecule has 3 N–H and O–H groups in total. The van der Waals surface area contributed by atoms with E-state index in [2.05, 4.69) is 10.2 Å². The van der Waals surface area contributed by atoms with Gasteiger partial charge in [-0.1, -0.05) is 6.07 Å². The van der Waals surface area contributed by atoms with Crippen LogP contribution in [0.1, 0.15) is 5.56 Å². The summed E-state index contributed by atoms with van der Waals surface area (Å²) in [5, 5.41) is 17.6. The topological polar surface area (TPSA) is 71.0 Å². The molecule has 0 spiro atoms. The lowest BCUT2D eigenvalue weighted by Crippen LogP contribution is -1.80. The fourth-order valence-corrected chi connectivity index (χ4v) is 1.37. The second-order valence-corrected chi connectivity index (χ2v) is 3.78. The van der Waals surface area contributed by atoms with E-state index >= 15 is 0 Å². The Balaban J connectivity index is 2.25. The fourth-order valence-electron chi connectivity index (χ4n) is 1.37. The molecule has 2 rings (SSSR count). The van der Waals surface area contributed by atoms with Crippen LogP contribution in [0.15, 0.2) is 52.7 Å². The van der Waals surface area contributed by atoms with Crippen LogP contribution in [0.4, 0.5) is 17.1 Å². The Morgan fingerprint density at radius 3 is 2.41 bits per heavy atom. The van der Waals surface area contributed by atoms with Crippen molar-refractivity contribution in [2.45, 2.75) is 6.92 Å². The van der Waals surface area contributed by atoms with Crippen molar-refractivity contribution in [1.29, 1.82) is 0 Å². The van der Waals surface area contributed by atoms with Gasteiger partial charge >= 0.3 is 0 Å². The average molecular weight is 227 g/mol. The summed E-state index contributed by atoms with van der Waals surface area (Å²) in [6, 6.07) is 12.2.